The lowest BCUT2D eigenvalue weighted by atomic mass is 10.1. The number of hydrogen-bond acceptors (Lipinski definition) is 5. The van der Waals surface area contributed by atoms with Gasteiger partial charge in [0.25, 0.3) is 0 Å². The van der Waals surface area contributed by atoms with E-state index in [0.29, 0.717) is 16.5 Å². The molecule has 1 unspecified atom stereocenters. The van der Waals surface area contributed by atoms with E-state index in [2.05, 4.69) is 9.97 Å². The number of aromatic nitrogens is 2. The molecule has 3 aromatic rings. The SMILES string of the molecule is CCOC(=O)C(Oc1cccc2c(Cl)nccc12)c1cccnc1. The Bertz CT molecular complexity index is 855. The molecule has 24 heavy (non-hydrogen) atoms. The van der Waals surface area contributed by atoms with E-state index in [1.807, 2.05) is 6.07 Å². The molecule has 2 heterocycles. The van der Waals surface area contributed by atoms with Gasteiger partial charge in [-0.2, -0.15) is 0 Å². The minimum absolute atomic E-state index is 0.268. The number of benzene rings is 1. The Balaban J connectivity index is 2.02. The molecule has 122 valence electrons. The third-order valence-corrected chi connectivity index (χ3v) is 3.75. The molecule has 3 rings (SSSR count). The Morgan fingerprint density at radius 3 is 2.79 bits per heavy atom. The van der Waals surface area contributed by atoms with Crippen molar-refractivity contribution in [2.75, 3.05) is 6.61 Å². The van der Waals surface area contributed by atoms with Gasteiger partial charge in [-0.3, -0.25) is 4.98 Å². The standard InChI is InChI=1S/C18H15ClN2O3/c1-2-23-18(22)16(12-5-4-9-20-11-12)24-15-7-3-6-14-13(15)8-10-21-17(14)19/h3-11,16H,2H2,1H3. The zero-order chi connectivity index (χ0) is 16.9. The summed E-state index contributed by atoms with van der Waals surface area (Å²) in [5.41, 5.74) is 0.619. The van der Waals surface area contributed by atoms with E-state index in [1.165, 1.54) is 0 Å². The smallest absolute Gasteiger partial charge is 0.352 e. The Hall–Kier alpha value is -2.66. The summed E-state index contributed by atoms with van der Waals surface area (Å²) < 4.78 is 11.1. The maximum atomic E-state index is 12.3. The topological polar surface area (TPSA) is 61.3 Å². The molecule has 6 heteroatoms. The van der Waals surface area contributed by atoms with Crippen molar-refractivity contribution >= 4 is 28.3 Å². The second-order valence-electron chi connectivity index (χ2n) is 4.99. The lowest BCUT2D eigenvalue weighted by Gasteiger charge is -2.19. The Morgan fingerprint density at radius 2 is 2.04 bits per heavy atom. The Labute approximate surface area is 144 Å². The molecular formula is C18H15ClN2O3. The summed E-state index contributed by atoms with van der Waals surface area (Å²) in [6, 6.07) is 10.7. The highest BCUT2D eigenvalue weighted by molar-refractivity contribution is 6.34. The molecule has 2 aromatic heterocycles. The summed E-state index contributed by atoms with van der Waals surface area (Å²) in [5.74, 6) is 0.0568. The summed E-state index contributed by atoms with van der Waals surface area (Å²) in [5, 5.41) is 1.91. The van der Waals surface area contributed by atoms with Crippen LogP contribution in [0, 0.1) is 0 Å². The highest BCUT2D eigenvalue weighted by Crippen LogP contribution is 2.32. The Kier molecular flexibility index (Phi) is 4.91. The van der Waals surface area contributed by atoms with Gasteiger partial charge in [0.1, 0.15) is 10.9 Å². The largest absolute Gasteiger partial charge is 0.473 e. The van der Waals surface area contributed by atoms with Gasteiger partial charge in [-0.25, -0.2) is 9.78 Å². The van der Waals surface area contributed by atoms with Crippen LogP contribution < -0.4 is 4.74 Å². The number of carbonyl (C=O) groups excluding carboxylic acids is 1. The molecule has 0 fully saturated rings. The van der Waals surface area contributed by atoms with Crippen LogP contribution in [0.1, 0.15) is 18.6 Å². The maximum Gasteiger partial charge on any atom is 0.352 e. The van der Waals surface area contributed by atoms with Crippen molar-refractivity contribution in [2.45, 2.75) is 13.0 Å². The highest BCUT2D eigenvalue weighted by Gasteiger charge is 2.25. The summed E-state index contributed by atoms with van der Waals surface area (Å²) in [6.45, 7) is 2.02. The molecule has 0 aliphatic rings. The van der Waals surface area contributed by atoms with Gasteiger partial charge >= 0.3 is 5.97 Å². The van der Waals surface area contributed by atoms with E-state index in [0.717, 1.165) is 10.8 Å². The van der Waals surface area contributed by atoms with E-state index in [1.54, 1.807) is 55.8 Å². The van der Waals surface area contributed by atoms with Crippen LogP contribution in [0.5, 0.6) is 5.75 Å². The molecule has 0 spiro atoms. The number of carbonyl (C=O) groups is 1. The summed E-state index contributed by atoms with van der Waals surface area (Å²) >= 11 is 6.13. The van der Waals surface area contributed by atoms with Gasteiger partial charge in [0, 0.05) is 34.9 Å². The number of fused-ring (bicyclic) bond motifs is 1. The molecule has 0 amide bonds. The molecule has 5 nitrogen and oxygen atoms in total. The van der Waals surface area contributed by atoms with Gasteiger partial charge in [0.2, 0.25) is 6.10 Å². The fraction of sp³-hybridized carbons (Fsp3) is 0.167. The minimum atomic E-state index is -0.906. The monoisotopic (exact) mass is 342 g/mol. The first-order valence-electron chi connectivity index (χ1n) is 7.47. The Morgan fingerprint density at radius 1 is 1.17 bits per heavy atom. The van der Waals surface area contributed by atoms with Gasteiger partial charge in [-0.1, -0.05) is 29.8 Å². The zero-order valence-electron chi connectivity index (χ0n) is 13.0. The average Bonchev–Trinajstić information content (AvgIpc) is 2.61. The number of hydrogen-bond donors (Lipinski definition) is 0. The summed E-state index contributed by atoms with van der Waals surface area (Å²) in [6.07, 6.45) is 3.91. The van der Waals surface area contributed by atoms with Crippen molar-refractivity contribution in [2.24, 2.45) is 0 Å². The molecule has 0 saturated heterocycles. The minimum Gasteiger partial charge on any atom is -0.473 e. The fourth-order valence-electron chi connectivity index (χ4n) is 2.37. The van der Waals surface area contributed by atoms with Crippen LogP contribution in [-0.2, 0) is 9.53 Å². The van der Waals surface area contributed by atoms with Crippen LogP contribution in [0.3, 0.4) is 0 Å². The quantitative estimate of drug-likeness (QED) is 0.518. The number of ether oxygens (including phenoxy) is 2. The van der Waals surface area contributed by atoms with E-state index < -0.39 is 12.1 Å². The molecule has 0 radical (unpaired) electrons. The van der Waals surface area contributed by atoms with Gasteiger partial charge in [-0.05, 0) is 25.1 Å². The van der Waals surface area contributed by atoms with E-state index in [4.69, 9.17) is 21.1 Å². The number of esters is 1. The van der Waals surface area contributed by atoms with Crippen molar-refractivity contribution in [1.82, 2.24) is 9.97 Å². The molecule has 1 aromatic carbocycles. The van der Waals surface area contributed by atoms with Crippen molar-refractivity contribution in [3.8, 4) is 5.75 Å². The average molecular weight is 343 g/mol. The normalized spacial score (nSPS) is 11.9. The van der Waals surface area contributed by atoms with Crippen molar-refractivity contribution in [1.29, 1.82) is 0 Å². The fourth-order valence-corrected chi connectivity index (χ4v) is 2.59. The van der Waals surface area contributed by atoms with Gasteiger partial charge in [0.15, 0.2) is 0 Å². The first-order valence-corrected chi connectivity index (χ1v) is 7.85. The number of rotatable bonds is 5. The third kappa shape index (κ3) is 3.31. The van der Waals surface area contributed by atoms with Crippen molar-refractivity contribution < 1.29 is 14.3 Å². The first-order chi connectivity index (χ1) is 11.7. The van der Waals surface area contributed by atoms with Crippen LogP contribution in [0.25, 0.3) is 10.8 Å². The second kappa shape index (κ2) is 7.27. The second-order valence-corrected chi connectivity index (χ2v) is 5.35. The molecule has 0 bridgehead atoms. The van der Waals surface area contributed by atoms with Gasteiger partial charge in [-0.15, -0.1) is 0 Å². The van der Waals surface area contributed by atoms with E-state index in [-0.39, 0.29) is 6.61 Å². The zero-order valence-corrected chi connectivity index (χ0v) is 13.7. The number of pyridine rings is 2. The predicted octanol–water partition coefficient (Wildman–Crippen LogP) is 3.97. The lowest BCUT2D eigenvalue weighted by molar-refractivity contribution is -0.151. The van der Waals surface area contributed by atoms with Crippen LogP contribution in [0.4, 0.5) is 0 Å². The highest BCUT2D eigenvalue weighted by atomic mass is 35.5. The third-order valence-electron chi connectivity index (χ3n) is 3.45. The van der Waals surface area contributed by atoms with Crippen LogP contribution in [-0.4, -0.2) is 22.5 Å². The summed E-state index contributed by atoms with van der Waals surface area (Å²) in [7, 11) is 0. The molecule has 1 atom stereocenters. The summed E-state index contributed by atoms with van der Waals surface area (Å²) in [4.78, 5) is 20.4. The molecule has 0 saturated carbocycles. The number of halogens is 1. The van der Waals surface area contributed by atoms with Crippen molar-refractivity contribution in [3.05, 3.63) is 65.7 Å². The predicted molar refractivity (Wildman–Crippen MR) is 91.0 cm³/mol. The maximum absolute atomic E-state index is 12.3. The van der Waals surface area contributed by atoms with Gasteiger partial charge in [0.05, 0.1) is 6.61 Å². The van der Waals surface area contributed by atoms with Crippen LogP contribution in [0.15, 0.2) is 55.0 Å². The molecule has 0 N–H and O–H groups in total. The number of nitrogens with zero attached hydrogens (tertiary/aromatic N) is 2. The van der Waals surface area contributed by atoms with Gasteiger partial charge < -0.3 is 9.47 Å². The van der Waals surface area contributed by atoms with Crippen LogP contribution in [0.2, 0.25) is 5.15 Å². The van der Waals surface area contributed by atoms with Crippen molar-refractivity contribution in [3.63, 3.8) is 0 Å². The first kappa shape index (κ1) is 16.2. The molecule has 0 aliphatic heterocycles. The van der Waals surface area contributed by atoms with E-state index in [9.17, 15) is 4.79 Å². The van der Waals surface area contributed by atoms with Crippen LogP contribution >= 0.6 is 11.6 Å². The van der Waals surface area contributed by atoms with E-state index >= 15 is 0 Å². The molecular weight excluding hydrogens is 328 g/mol. The lowest BCUT2D eigenvalue weighted by Crippen LogP contribution is -2.21. The molecule has 0 aliphatic carbocycles.